The van der Waals surface area contributed by atoms with Gasteiger partial charge in [-0.25, -0.2) is 0 Å². The van der Waals surface area contributed by atoms with Gasteiger partial charge in [-0.05, 0) is 29.3 Å². The first-order valence-electron chi connectivity index (χ1n) is 8.77. The van der Waals surface area contributed by atoms with Gasteiger partial charge in [0.25, 0.3) is 0 Å². The van der Waals surface area contributed by atoms with Crippen molar-refractivity contribution >= 4 is 0 Å². The first-order chi connectivity index (χ1) is 12.3. The number of nitrogens with zero attached hydrogens (tertiary/aromatic N) is 3. The van der Waals surface area contributed by atoms with Gasteiger partial charge in [0.05, 0.1) is 13.7 Å². The normalized spacial score (nSPS) is 16.1. The van der Waals surface area contributed by atoms with Gasteiger partial charge in [-0.15, -0.1) is 0 Å². The molecule has 0 N–H and O–H groups in total. The molecule has 1 saturated heterocycles. The van der Waals surface area contributed by atoms with E-state index in [4.69, 9.17) is 9.47 Å². The Morgan fingerprint density at radius 1 is 0.960 bits per heavy atom. The number of piperazine rings is 1. The maximum atomic E-state index is 5.41. The Kier molecular flexibility index (Phi) is 6.39. The van der Waals surface area contributed by atoms with Crippen LogP contribution in [0.4, 0.5) is 0 Å². The molecule has 1 aliphatic rings. The van der Waals surface area contributed by atoms with Crippen molar-refractivity contribution in [3.63, 3.8) is 0 Å². The average molecular weight is 341 g/mol. The summed E-state index contributed by atoms with van der Waals surface area (Å²) in [5.74, 6) is 0.895. The molecule has 0 aliphatic carbocycles. The van der Waals surface area contributed by atoms with E-state index in [1.165, 1.54) is 11.1 Å². The lowest BCUT2D eigenvalue weighted by molar-refractivity contribution is 0.122. The number of hydrogen-bond acceptors (Lipinski definition) is 5. The van der Waals surface area contributed by atoms with Gasteiger partial charge < -0.3 is 9.47 Å². The summed E-state index contributed by atoms with van der Waals surface area (Å²) in [7, 11) is 3.42. The van der Waals surface area contributed by atoms with Crippen LogP contribution >= 0.6 is 0 Å². The zero-order valence-electron chi connectivity index (χ0n) is 15.1. The van der Waals surface area contributed by atoms with Crippen LogP contribution in [0.2, 0.25) is 0 Å². The van der Waals surface area contributed by atoms with Crippen LogP contribution < -0.4 is 4.74 Å². The van der Waals surface area contributed by atoms with Crippen LogP contribution in [0.3, 0.4) is 0 Å². The van der Waals surface area contributed by atoms with Crippen LogP contribution in [0.5, 0.6) is 5.75 Å². The van der Waals surface area contributed by atoms with Crippen molar-refractivity contribution in [2.45, 2.75) is 19.7 Å². The summed E-state index contributed by atoms with van der Waals surface area (Å²) in [6.07, 6.45) is 3.79. The maximum Gasteiger partial charge on any atom is 0.124 e. The zero-order valence-corrected chi connectivity index (χ0v) is 15.1. The van der Waals surface area contributed by atoms with E-state index in [9.17, 15) is 0 Å². The predicted molar refractivity (Wildman–Crippen MR) is 98.5 cm³/mol. The van der Waals surface area contributed by atoms with Crippen molar-refractivity contribution in [2.24, 2.45) is 0 Å². The second-order valence-electron chi connectivity index (χ2n) is 6.49. The van der Waals surface area contributed by atoms with Gasteiger partial charge in [0.1, 0.15) is 5.75 Å². The Bertz CT molecular complexity index is 655. The van der Waals surface area contributed by atoms with Crippen LogP contribution in [-0.2, 0) is 24.4 Å². The van der Waals surface area contributed by atoms with Crippen LogP contribution in [0.25, 0.3) is 0 Å². The zero-order chi connectivity index (χ0) is 17.5. The van der Waals surface area contributed by atoms with Crippen molar-refractivity contribution in [3.8, 4) is 5.75 Å². The molecule has 25 heavy (non-hydrogen) atoms. The topological polar surface area (TPSA) is 37.8 Å². The van der Waals surface area contributed by atoms with Crippen LogP contribution in [0.15, 0.2) is 42.7 Å². The molecule has 0 atom stereocenters. The Hall–Kier alpha value is -1.95. The van der Waals surface area contributed by atoms with Crippen LogP contribution in [0, 0.1) is 0 Å². The number of methoxy groups -OCH3 is 2. The lowest BCUT2D eigenvalue weighted by atomic mass is 10.1. The fourth-order valence-corrected chi connectivity index (χ4v) is 3.31. The fourth-order valence-electron chi connectivity index (χ4n) is 3.31. The number of aromatic nitrogens is 1. The second-order valence-corrected chi connectivity index (χ2v) is 6.49. The Morgan fingerprint density at radius 2 is 1.68 bits per heavy atom. The lowest BCUT2D eigenvalue weighted by Crippen LogP contribution is -2.45. The maximum absolute atomic E-state index is 5.41. The minimum atomic E-state index is 0.579. The number of pyridine rings is 1. The van der Waals surface area contributed by atoms with Crippen molar-refractivity contribution in [3.05, 3.63) is 59.4 Å². The first kappa shape index (κ1) is 17.9. The first-order valence-corrected chi connectivity index (χ1v) is 8.77. The Morgan fingerprint density at radius 3 is 2.28 bits per heavy atom. The molecule has 0 amide bonds. The average Bonchev–Trinajstić information content (AvgIpc) is 2.65. The van der Waals surface area contributed by atoms with E-state index in [-0.39, 0.29) is 0 Å². The Balaban J connectivity index is 1.52. The summed E-state index contributed by atoms with van der Waals surface area (Å²) >= 11 is 0. The molecule has 0 saturated carbocycles. The quantitative estimate of drug-likeness (QED) is 0.774. The summed E-state index contributed by atoms with van der Waals surface area (Å²) in [5, 5.41) is 0. The smallest absolute Gasteiger partial charge is 0.124 e. The van der Waals surface area contributed by atoms with Crippen molar-refractivity contribution < 1.29 is 9.47 Å². The highest BCUT2D eigenvalue weighted by Crippen LogP contribution is 2.22. The molecular formula is C20H27N3O2. The molecule has 1 aromatic heterocycles. The number of benzene rings is 1. The van der Waals surface area contributed by atoms with E-state index in [2.05, 4.69) is 33.0 Å². The molecule has 5 nitrogen and oxygen atoms in total. The van der Waals surface area contributed by atoms with Gasteiger partial charge in [0.15, 0.2) is 0 Å². The number of rotatable bonds is 7. The van der Waals surface area contributed by atoms with Gasteiger partial charge >= 0.3 is 0 Å². The summed E-state index contributed by atoms with van der Waals surface area (Å²) in [4.78, 5) is 9.21. The molecule has 0 spiro atoms. The second kappa shape index (κ2) is 8.94. The highest BCUT2D eigenvalue weighted by atomic mass is 16.5. The molecule has 134 valence electrons. The molecule has 0 bridgehead atoms. The largest absolute Gasteiger partial charge is 0.496 e. The van der Waals surface area contributed by atoms with Gasteiger partial charge in [0, 0.05) is 64.3 Å². The molecule has 0 unspecified atom stereocenters. The molecule has 1 aromatic carbocycles. The number of hydrogen-bond donors (Lipinski definition) is 0. The van der Waals surface area contributed by atoms with Crippen LogP contribution in [-0.4, -0.2) is 55.2 Å². The van der Waals surface area contributed by atoms with Crippen molar-refractivity contribution in [1.29, 1.82) is 0 Å². The van der Waals surface area contributed by atoms with E-state index in [1.54, 1.807) is 14.2 Å². The molecule has 3 rings (SSSR count). The third kappa shape index (κ3) is 5.01. The summed E-state index contributed by atoms with van der Waals surface area (Å²) < 4.78 is 10.7. The van der Waals surface area contributed by atoms with E-state index < -0.39 is 0 Å². The molecule has 1 aliphatic heterocycles. The van der Waals surface area contributed by atoms with Crippen molar-refractivity contribution in [2.75, 3.05) is 40.4 Å². The Labute approximate surface area is 150 Å². The predicted octanol–water partition coefficient (Wildman–Crippen LogP) is 2.55. The minimum absolute atomic E-state index is 0.579. The van der Waals surface area contributed by atoms with Gasteiger partial charge in [-0.1, -0.05) is 12.1 Å². The lowest BCUT2D eigenvalue weighted by Gasteiger charge is -2.34. The molecule has 2 aromatic rings. The van der Waals surface area contributed by atoms with E-state index in [0.29, 0.717) is 6.61 Å². The van der Waals surface area contributed by atoms with Gasteiger partial charge in [0.2, 0.25) is 0 Å². The SMILES string of the molecule is COCc1cc(CN2CCN(Cc3cccnc3)CC2)ccc1OC. The standard InChI is InChI=1S/C20H27N3O2/c1-24-16-19-12-17(5-6-20(19)25-2)14-22-8-10-23(11-9-22)15-18-4-3-7-21-13-18/h3-7,12-13H,8-11,14-16H2,1-2H3. The summed E-state index contributed by atoms with van der Waals surface area (Å²) in [6, 6.07) is 10.5. The highest BCUT2D eigenvalue weighted by Gasteiger charge is 2.17. The molecule has 5 heteroatoms. The van der Waals surface area contributed by atoms with E-state index in [1.807, 2.05) is 24.5 Å². The van der Waals surface area contributed by atoms with E-state index >= 15 is 0 Å². The summed E-state index contributed by atoms with van der Waals surface area (Å²) in [6.45, 7) is 6.91. The molecule has 1 fully saturated rings. The minimum Gasteiger partial charge on any atom is -0.496 e. The van der Waals surface area contributed by atoms with E-state index in [0.717, 1.165) is 50.6 Å². The molecule has 0 radical (unpaired) electrons. The van der Waals surface area contributed by atoms with Crippen LogP contribution in [0.1, 0.15) is 16.7 Å². The van der Waals surface area contributed by atoms with Crippen molar-refractivity contribution in [1.82, 2.24) is 14.8 Å². The van der Waals surface area contributed by atoms with Gasteiger partial charge in [-0.3, -0.25) is 14.8 Å². The fraction of sp³-hybridized carbons (Fsp3) is 0.450. The van der Waals surface area contributed by atoms with Gasteiger partial charge in [-0.2, -0.15) is 0 Å². The third-order valence-corrected chi connectivity index (χ3v) is 4.64. The number of ether oxygens (including phenoxy) is 2. The molecule has 2 heterocycles. The summed E-state index contributed by atoms with van der Waals surface area (Å²) in [5.41, 5.74) is 3.71. The molecular weight excluding hydrogens is 314 g/mol. The third-order valence-electron chi connectivity index (χ3n) is 4.64. The highest BCUT2D eigenvalue weighted by molar-refractivity contribution is 5.37. The monoisotopic (exact) mass is 341 g/mol.